The van der Waals surface area contributed by atoms with Crippen LogP contribution in [0.25, 0.3) is 0 Å². The normalized spacial score (nSPS) is 16.5. The lowest BCUT2D eigenvalue weighted by Crippen LogP contribution is -2.42. The molecule has 1 aromatic carbocycles. The molecule has 1 N–H and O–H groups in total. The first kappa shape index (κ1) is 14.4. The molecular weight excluding hydrogens is 234 g/mol. The maximum atomic E-state index is 3.40. The molecule has 0 amide bonds. The summed E-state index contributed by atoms with van der Waals surface area (Å²) in [6.07, 6.45) is 2.52. The summed E-state index contributed by atoms with van der Waals surface area (Å²) in [7, 11) is 2.19. The molecule has 0 atom stereocenters. The zero-order chi connectivity index (χ0) is 13.5. The van der Waals surface area contributed by atoms with E-state index in [0.717, 1.165) is 39.3 Å². The van der Waals surface area contributed by atoms with Crippen molar-refractivity contribution in [1.82, 2.24) is 10.2 Å². The van der Waals surface area contributed by atoms with Gasteiger partial charge in [-0.05, 0) is 24.1 Å². The van der Waals surface area contributed by atoms with E-state index >= 15 is 0 Å². The van der Waals surface area contributed by atoms with Crippen LogP contribution in [0, 0.1) is 0 Å². The van der Waals surface area contributed by atoms with E-state index in [4.69, 9.17) is 0 Å². The van der Waals surface area contributed by atoms with Crippen LogP contribution in [0.3, 0.4) is 0 Å². The van der Waals surface area contributed by atoms with Crippen LogP contribution in [0.2, 0.25) is 0 Å². The molecule has 3 nitrogen and oxygen atoms in total. The molecule has 1 aromatic rings. The Morgan fingerprint density at radius 2 is 2.05 bits per heavy atom. The maximum Gasteiger partial charge on any atom is 0.0366 e. The van der Waals surface area contributed by atoms with Gasteiger partial charge in [-0.3, -0.25) is 4.90 Å². The van der Waals surface area contributed by atoms with Gasteiger partial charge in [-0.1, -0.05) is 25.5 Å². The summed E-state index contributed by atoms with van der Waals surface area (Å²) in [5.41, 5.74) is 2.78. The quantitative estimate of drug-likeness (QED) is 0.848. The average Bonchev–Trinajstić information content (AvgIpc) is 2.46. The van der Waals surface area contributed by atoms with Gasteiger partial charge in [0.1, 0.15) is 0 Å². The Balaban J connectivity index is 1.93. The van der Waals surface area contributed by atoms with E-state index in [1.807, 2.05) is 0 Å². The fourth-order valence-corrected chi connectivity index (χ4v) is 2.54. The maximum absolute atomic E-state index is 3.40. The van der Waals surface area contributed by atoms with Crippen LogP contribution in [0.5, 0.6) is 0 Å². The standard InChI is InChI=1S/C16H27N3/c1-3-4-10-18(2)16-7-5-6-15(13-16)14-19-11-8-17-9-12-19/h5-7,13,17H,3-4,8-12,14H2,1-2H3. The predicted octanol–water partition coefficient (Wildman–Crippen LogP) is 2.33. The SMILES string of the molecule is CCCCN(C)c1cccc(CN2CCNCC2)c1. The molecule has 0 unspecified atom stereocenters. The number of rotatable bonds is 6. The van der Waals surface area contributed by atoms with Gasteiger partial charge in [0.2, 0.25) is 0 Å². The minimum Gasteiger partial charge on any atom is -0.375 e. The molecule has 1 aliphatic rings. The summed E-state index contributed by atoms with van der Waals surface area (Å²) in [5.74, 6) is 0. The van der Waals surface area contributed by atoms with Crippen LogP contribution in [-0.2, 0) is 6.54 Å². The number of unbranched alkanes of at least 4 members (excludes halogenated alkanes) is 1. The second-order valence-corrected chi connectivity index (χ2v) is 5.47. The van der Waals surface area contributed by atoms with Gasteiger partial charge in [-0.15, -0.1) is 0 Å². The molecule has 1 saturated heterocycles. The highest BCUT2D eigenvalue weighted by Gasteiger charge is 2.10. The summed E-state index contributed by atoms with van der Waals surface area (Å²) in [6.45, 7) is 9.04. The summed E-state index contributed by atoms with van der Waals surface area (Å²) in [5, 5.41) is 3.40. The molecule has 0 aliphatic carbocycles. The number of benzene rings is 1. The zero-order valence-electron chi connectivity index (χ0n) is 12.4. The fourth-order valence-electron chi connectivity index (χ4n) is 2.54. The molecule has 106 valence electrons. The van der Waals surface area contributed by atoms with Crippen LogP contribution in [0.15, 0.2) is 24.3 Å². The lowest BCUT2D eigenvalue weighted by molar-refractivity contribution is 0.233. The number of anilines is 1. The lowest BCUT2D eigenvalue weighted by atomic mass is 10.1. The average molecular weight is 261 g/mol. The van der Waals surface area contributed by atoms with E-state index in [1.54, 1.807) is 0 Å². The van der Waals surface area contributed by atoms with Gasteiger partial charge in [0.15, 0.2) is 0 Å². The molecule has 1 aliphatic heterocycles. The van der Waals surface area contributed by atoms with Gasteiger partial charge in [0.05, 0.1) is 0 Å². The highest BCUT2D eigenvalue weighted by molar-refractivity contribution is 5.47. The van der Waals surface area contributed by atoms with Crippen LogP contribution >= 0.6 is 0 Å². The van der Waals surface area contributed by atoms with E-state index in [-0.39, 0.29) is 0 Å². The minimum absolute atomic E-state index is 1.08. The first-order chi connectivity index (χ1) is 9.29. The third-order valence-electron chi connectivity index (χ3n) is 3.81. The molecular formula is C16H27N3. The van der Waals surface area contributed by atoms with E-state index in [0.29, 0.717) is 0 Å². The highest BCUT2D eigenvalue weighted by atomic mass is 15.2. The summed E-state index contributed by atoms with van der Waals surface area (Å²) >= 11 is 0. The van der Waals surface area contributed by atoms with Gasteiger partial charge >= 0.3 is 0 Å². The molecule has 1 heterocycles. The minimum atomic E-state index is 1.08. The number of nitrogens with one attached hydrogen (secondary N) is 1. The molecule has 2 rings (SSSR count). The van der Waals surface area contributed by atoms with Gasteiger partial charge in [-0.2, -0.15) is 0 Å². The van der Waals surface area contributed by atoms with E-state index in [1.165, 1.54) is 24.1 Å². The van der Waals surface area contributed by atoms with Gasteiger partial charge in [0.25, 0.3) is 0 Å². The Morgan fingerprint density at radius 1 is 1.26 bits per heavy atom. The lowest BCUT2D eigenvalue weighted by Gasteiger charge is -2.27. The Morgan fingerprint density at radius 3 is 2.79 bits per heavy atom. The second kappa shape index (κ2) is 7.51. The van der Waals surface area contributed by atoms with Gasteiger partial charge < -0.3 is 10.2 Å². The Bertz CT molecular complexity index is 372. The first-order valence-corrected chi connectivity index (χ1v) is 7.52. The third-order valence-corrected chi connectivity index (χ3v) is 3.81. The number of hydrogen-bond acceptors (Lipinski definition) is 3. The van der Waals surface area contributed by atoms with Crippen LogP contribution in [0.4, 0.5) is 5.69 Å². The summed E-state index contributed by atoms with van der Waals surface area (Å²) < 4.78 is 0. The molecule has 0 radical (unpaired) electrons. The molecule has 19 heavy (non-hydrogen) atoms. The van der Waals surface area contributed by atoms with Crippen LogP contribution in [0.1, 0.15) is 25.3 Å². The Kier molecular flexibility index (Phi) is 5.67. The van der Waals surface area contributed by atoms with E-state index in [2.05, 4.69) is 53.4 Å². The van der Waals surface area contributed by atoms with Crippen molar-refractivity contribution in [1.29, 1.82) is 0 Å². The van der Waals surface area contributed by atoms with Crippen molar-refractivity contribution in [2.75, 3.05) is 44.7 Å². The fraction of sp³-hybridized carbons (Fsp3) is 0.625. The van der Waals surface area contributed by atoms with Crippen molar-refractivity contribution in [3.63, 3.8) is 0 Å². The van der Waals surface area contributed by atoms with Crippen molar-refractivity contribution >= 4 is 5.69 Å². The summed E-state index contributed by atoms with van der Waals surface area (Å²) in [4.78, 5) is 4.90. The van der Waals surface area contributed by atoms with Crippen molar-refractivity contribution < 1.29 is 0 Å². The predicted molar refractivity (Wildman–Crippen MR) is 82.8 cm³/mol. The van der Waals surface area contributed by atoms with Crippen molar-refractivity contribution in [3.05, 3.63) is 29.8 Å². The molecule has 1 fully saturated rings. The smallest absolute Gasteiger partial charge is 0.0366 e. The number of nitrogens with zero attached hydrogens (tertiary/aromatic N) is 2. The number of piperazine rings is 1. The molecule has 0 spiro atoms. The van der Waals surface area contributed by atoms with E-state index < -0.39 is 0 Å². The van der Waals surface area contributed by atoms with Gasteiger partial charge in [0, 0.05) is 52.0 Å². The van der Waals surface area contributed by atoms with Crippen molar-refractivity contribution in [2.45, 2.75) is 26.3 Å². The summed E-state index contributed by atoms with van der Waals surface area (Å²) in [6, 6.07) is 9.00. The Hall–Kier alpha value is -1.06. The molecule has 3 heteroatoms. The van der Waals surface area contributed by atoms with E-state index in [9.17, 15) is 0 Å². The molecule has 0 aromatic heterocycles. The van der Waals surface area contributed by atoms with Crippen LogP contribution in [-0.4, -0.2) is 44.7 Å². The largest absolute Gasteiger partial charge is 0.375 e. The highest BCUT2D eigenvalue weighted by Crippen LogP contribution is 2.17. The third kappa shape index (κ3) is 4.51. The number of hydrogen-bond donors (Lipinski definition) is 1. The Labute approximate surface area is 117 Å². The van der Waals surface area contributed by atoms with Gasteiger partial charge in [-0.25, -0.2) is 0 Å². The topological polar surface area (TPSA) is 18.5 Å². The zero-order valence-corrected chi connectivity index (χ0v) is 12.4. The first-order valence-electron chi connectivity index (χ1n) is 7.52. The van der Waals surface area contributed by atoms with Crippen molar-refractivity contribution in [2.24, 2.45) is 0 Å². The molecule has 0 bridgehead atoms. The van der Waals surface area contributed by atoms with Crippen LogP contribution < -0.4 is 10.2 Å². The second-order valence-electron chi connectivity index (χ2n) is 5.47. The monoisotopic (exact) mass is 261 g/mol. The van der Waals surface area contributed by atoms with Crippen molar-refractivity contribution in [3.8, 4) is 0 Å². The molecule has 0 saturated carbocycles.